The van der Waals surface area contributed by atoms with Crippen molar-refractivity contribution in [3.8, 4) is 5.75 Å². The number of benzene rings is 1. The standard InChI is InChI=1S/C17H19IN2O4S/c1-8(2)24-12-3-9(16(21)22)4-14-15(12)19-17(25-14)20-5-10-11(18)7-23-13(10)6-20/h3-4,8,10-11,13H,5-7H2,1-2H3,(H,21,22)/t10-,11-,13-/m0/s1. The number of aromatic nitrogens is 1. The Labute approximate surface area is 163 Å². The summed E-state index contributed by atoms with van der Waals surface area (Å²) in [7, 11) is 0. The van der Waals surface area contributed by atoms with E-state index in [2.05, 4.69) is 27.5 Å². The summed E-state index contributed by atoms with van der Waals surface area (Å²) in [5.41, 5.74) is 0.968. The molecule has 1 aromatic carbocycles. The van der Waals surface area contributed by atoms with Gasteiger partial charge in [0.25, 0.3) is 0 Å². The van der Waals surface area contributed by atoms with E-state index < -0.39 is 5.97 Å². The van der Waals surface area contributed by atoms with Gasteiger partial charge in [0.05, 0.1) is 29.1 Å². The van der Waals surface area contributed by atoms with Gasteiger partial charge in [0.1, 0.15) is 11.3 Å². The quantitative estimate of drug-likeness (QED) is 0.541. The number of hydrogen-bond donors (Lipinski definition) is 1. The van der Waals surface area contributed by atoms with Gasteiger partial charge in [-0.05, 0) is 26.0 Å². The van der Waals surface area contributed by atoms with Crippen LogP contribution in [0.5, 0.6) is 5.75 Å². The van der Waals surface area contributed by atoms with Crippen molar-refractivity contribution in [1.82, 2.24) is 4.98 Å². The molecular formula is C17H19IN2O4S. The van der Waals surface area contributed by atoms with Crippen LogP contribution in [0, 0.1) is 5.92 Å². The van der Waals surface area contributed by atoms with Crippen molar-refractivity contribution in [3.05, 3.63) is 17.7 Å². The fourth-order valence-electron chi connectivity index (χ4n) is 3.41. The Morgan fingerprint density at radius 2 is 2.28 bits per heavy atom. The number of halogens is 1. The number of hydrogen-bond acceptors (Lipinski definition) is 6. The van der Waals surface area contributed by atoms with Crippen LogP contribution in [0.15, 0.2) is 12.1 Å². The molecule has 1 aromatic heterocycles. The number of anilines is 1. The minimum Gasteiger partial charge on any atom is -0.489 e. The van der Waals surface area contributed by atoms with E-state index in [0.29, 0.717) is 15.6 Å². The van der Waals surface area contributed by atoms with Crippen LogP contribution in [-0.2, 0) is 4.74 Å². The van der Waals surface area contributed by atoms with Crippen molar-refractivity contribution in [2.24, 2.45) is 5.92 Å². The number of carboxylic acids is 1. The van der Waals surface area contributed by atoms with E-state index in [-0.39, 0.29) is 17.8 Å². The number of ether oxygens (including phenoxy) is 2. The predicted molar refractivity (Wildman–Crippen MR) is 106 cm³/mol. The molecule has 2 aliphatic heterocycles. The molecule has 2 fully saturated rings. The minimum atomic E-state index is -0.956. The number of rotatable bonds is 4. The van der Waals surface area contributed by atoms with Crippen LogP contribution in [0.4, 0.5) is 5.13 Å². The van der Waals surface area contributed by atoms with Crippen LogP contribution in [0.1, 0.15) is 24.2 Å². The van der Waals surface area contributed by atoms with E-state index in [1.807, 2.05) is 13.8 Å². The second-order valence-electron chi connectivity index (χ2n) is 6.75. The molecule has 0 unspecified atom stereocenters. The molecule has 3 atom stereocenters. The van der Waals surface area contributed by atoms with E-state index in [9.17, 15) is 9.90 Å². The van der Waals surface area contributed by atoms with Gasteiger partial charge in [0, 0.05) is 22.9 Å². The van der Waals surface area contributed by atoms with E-state index in [1.165, 1.54) is 11.3 Å². The fourth-order valence-corrected chi connectivity index (χ4v) is 5.35. The van der Waals surface area contributed by atoms with E-state index >= 15 is 0 Å². The fraction of sp³-hybridized carbons (Fsp3) is 0.529. The number of carboxylic acid groups (broad SMARTS) is 1. The van der Waals surface area contributed by atoms with Crippen molar-refractivity contribution >= 4 is 55.2 Å². The number of nitrogens with zero attached hydrogens (tertiary/aromatic N) is 2. The molecule has 0 amide bonds. The third-order valence-electron chi connectivity index (χ3n) is 4.57. The Hall–Kier alpha value is -1.13. The third kappa shape index (κ3) is 3.19. The molecule has 6 nitrogen and oxygen atoms in total. The highest BCUT2D eigenvalue weighted by atomic mass is 127. The zero-order chi connectivity index (χ0) is 17.7. The first-order valence-corrected chi connectivity index (χ1v) is 10.3. The van der Waals surface area contributed by atoms with Gasteiger partial charge in [-0.3, -0.25) is 0 Å². The Balaban J connectivity index is 1.71. The minimum absolute atomic E-state index is 0.0447. The smallest absolute Gasteiger partial charge is 0.335 e. The van der Waals surface area contributed by atoms with E-state index in [1.54, 1.807) is 12.1 Å². The number of carbonyl (C=O) groups is 1. The first kappa shape index (κ1) is 17.3. The molecule has 4 rings (SSSR count). The van der Waals surface area contributed by atoms with Crippen LogP contribution >= 0.6 is 33.9 Å². The maximum absolute atomic E-state index is 11.4. The lowest BCUT2D eigenvalue weighted by molar-refractivity contribution is 0.0696. The molecule has 2 aromatic rings. The number of alkyl halides is 1. The van der Waals surface area contributed by atoms with Crippen molar-refractivity contribution < 1.29 is 19.4 Å². The van der Waals surface area contributed by atoms with Crippen LogP contribution in [0.2, 0.25) is 0 Å². The normalized spacial score (nSPS) is 25.8. The molecule has 25 heavy (non-hydrogen) atoms. The molecule has 0 spiro atoms. The largest absolute Gasteiger partial charge is 0.489 e. The maximum atomic E-state index is 11.4. The first-order chi connectivity index (χ1) is 11.9. The summed E-state index contributed by atoms with van der Waals surface area (Å²) in [4.78, 5) is 18.4. The highest BCUT2D eigenvalue weighted by Gasteiger charge is 2.43. The molecule has 0 aliphatic carbocycles. The topological polar surface area (TPSA) is 71.9 Å². The van der Waals surface area contributed by atoms with Crippen molar-refractivity contribution in [3.63, 3.8) is 0 Å². The number of fused-ring (bicyclic) bond motifs is 2. The van der Waals surface area contributed by atoms with Gasteiger partial charge in [-0.1, -0.05) is 33.9 Å². The first-order valence-electron chi connectivity index (χ1n) is 8.27. The average Bonchev–Trinajstić information content (AvgIpc) is 3.22. The summed E-state index contributed by atoms with van der Waals surface area (Å²) in [6.07, 6.45) is 0.228. The molecule has 0 saturated carbocycles. The Bertz CT molecular complexity index is 824. The molecule has 2 aliphatic rings. The Morgan fingerprint density at radius 1 is 1.48 bits per heavy atom. The summed E-state index contributed by atoms with van der Waals surface area (Å²) < 4.78 is 13.1. The van der Waals surface area contributed by atoms with Gasteiger partial charge in [0.2, 0.25) is 0 Å². The summed E-state index contributed by atoms with van der Waals surface area (Å²) in [6.45, 7) is 6.45. The Morgan fingerprint density at radius 3 is 2.96 bits per heavy atom. The van der Waals surface area contributed by atoms with Gasteiger partial charge >= 0.3 is 5.97 Å². The average molecular weight is 474 g/mol. The SMILES string of the molecule is CC(C)Oc1cc(C(=O)O)cc2sc(N3C[C@@H]4[C@H](C3)OC[C@@H]4I)nc12. The maximum Gasteiger partial charge on any atom is 0.335 e. The van der Waals surface area contributed by atoms with Crippen molar-refractivity contribution in [2.75, 3.05) is 24.6 Å². The molecule has 3 heterocycles. The molecule has 1 N–H and O–H groups in total. The molecule has 2 saturated heterocycles. The van der Waals surface area contributed by atoms with Gasteiger partial charge in [0.15, 0.2) is 5.13 Å². The summed E-state index contributed by atoms with van der Waals surface area (Å²) >= 11 is 3.99. The summed E-state index contributed by atoms with van der Waals surface area (Å²) in [5, 5.41) is 10.3. The number of aromatic carboxylic acids is 1. The van der Waals surface area contributed by atoms with Gasteiger partial charge in [-0.2, -0.15) is 0 Å². The van der Waals surface area contributed by atoms with Crippen LogP contribution in [-0.4, -0.2) is 51.9 Å². The monoisotopic (exact) mass is 474 g/mol. The van der Waals surface area contributed by atoms with Gasteiger partial charge in [-0.25, -0.2) is 9.78 Å². The lowest BCUT2D eigenvalue weighted by atomic mass is 10.1. The van der Waals surface area contributed by atoms with Crippen molar-refractivity contribution in [2.45, 2.75) is 30.0 Å². The van der Waals surface area contributed by atoms with Gasteiger partial charge in [-0.15, -0.1) is 0 Å². The lowest BCUT2D eigenvalue weighted by Gasteiger charge is -2.16. The zero-order valence-electron chi connectivity index (χ0n) is 13.9. The summed E-state index contributed by atoms with van der Waals surface area (Å²) in [5.74, 6) is 0.116. The van der Waals surface area contributed by atoms with Crippen LogP contribution < -0.4 is 9.64 Å². The van der Waals surface area contributed by atoms with Crippen LogP contribution in [0.3, 0.4) is 0 Å². The Kier molecular flexibility index (Phi) is 4.53. The van der Waals surface area contributed by atoms with E-state index in [4.69, 9.17) is 14.5 Å². The molecular weight excluding hydrogens is 455 g/mol. The van der Waals surface area contributed by atoms with Gasteiger partial charge < -0.3 is 19.5 Å². The second-order valence-corrected chi connectivity index (χ2v) is 9.35. The van der Waals surface area contributed by atoms with Crippen molar-refractivity contribution in [1.29, 1.82) is 0 Å². The molecule has 0 bridgehead atoms. The van der Waals surface area contributed by atoms with E-state index in [0.717, 1.165) is 35.0 Å². The number of thiazole rings is 1. The highest BCUT2D eigenvalue weighted by molar-refractivity contribution is 14.1. The second kappa shape index (κ2) is 6.55. The predicted octanol–water partition coefficient (Wildman–Crippen LogP) is 3.42. The molecule has 8 heteroatoms. The highest BCUT2D eigenvalue weighted by Crippen LogP contribution is 2.40. The lowest BCUT2D eigenvalue weighted by Crippen LogP contribution is -2.23. The zero-order valence-corrected chi connectivity index (χ0v) is 16.9. The third-order valence-corrected chi connectivity index (χ3v) is 6.92. The summed E-state index contributed by atoms with van der Waals surface area (Å²) in [6, 6.07) is 3.25. The molecule has 0 radical (unpaired) electrons. The molecule has 134 valence electrons. The van der Waals surface area contributed by atoms with Crippen LogP contribution in [0.25, 0.3) is 10.2 Å².